The normalized spacial score (nSPS) is 17.5. The van der Waals surface area contributed by atoms with Gasteiger partial charge in [0.2, 0.25) is 5.91 Å². The molecule has 178 valence electrons. The van der Waals surface area contributed by atoms with E-state index in [9.17, 15) is 27.6 Å². The van der Waals surface area contributed by atoms with Gasteiger partial charge in [0.15, 0.2) is 0 Å². The molecule has 1 aliphatic rings. The van der Waals surface area contributed by atoms with Crippen molar-refractivity contribution in [3.63, 3.8) is 0 Å². The van der Waals surface area contributed by atoms with Gasteiger partial charge < -0.3 is 24.9 Å². The summed E-state index contributed by atoms with van der Waals surface area (Å²) in [7, 11) is 1.00. The summed E-state index contributed by atoms with van der Waals surface area (Å²) in [6, 6.07) is 14.2. The first-order chi connectivity index (χ1) is 15.7. The molecule has 1 aliphatic heterocycles. The van der Waals surface area contributed by atoms with Crippen LogP contribution in [0.4, 0.5) is 13.2 Å². The number of halogens is 3. The number of hydrogen-bond donors (Lipinski definition) is 2. The highest BCUT2D eigenvalue weighted by Crippen LogP contribution is 2.27. The summed E-state index contributed by atoms with van der Waals surface area (Å²) in [4.78, 5) is 36.7. The minimum absolute atomic E-state index is 0.258. The van der Waals surface area contributed by atoms with Crippen molar-refractivity contribution >= 4 is 18.1 Å². The highest BCUT2D eigenvalue weighted by molar-refractivity contribution is 5.96. The van der Waals surface area contributed by atoms with Crippen LogP contribution in [0.5, 0.6) is 11.5 Å². The number of hydrogen-bond acceptors (Lipinski definition) is 6. The molecule has 2 atom stereocenters. The number of carbonyl (C=O) groups excluding carboxylic acids is 3. The predicted molar refractivity (Wildman–Crippen MR) is 111 cm³/mol. The van der Waals surface area contributed by atoms with E-state index in [1.165, 1.54) is 12.1 Å². The molecule has 2 amide bonds. The Morgan fingerprint density at radius 3 is 2.27 bits per heavy atom. The number of carbonyl (C=O) groups is 3. The lowest BCUT2D eigenvalue weighted by molar-refractivity contribution is -0.340. The molecule has 2 aromatic carbocycles. The third kappa shape index (κ3) is 7.88. The second-order valence-electron chi connectivity index (χ2n) is 6.79. The lowest BCUT2D eigenvalue weighted by Gasteiger charge is -2.20. The van der Waals surface area contributed by atoms with Crippen LogP contribution in [0, 0.1) is 0 Å². The van der Waals surface area contributed by atoms with Gasteiger partial charge in [0.1, 0.15) is 17.8 Å². The number of alkyl halides is 3. The molecule has 33 heavy (non-hydrogen) atoms. The van der Waals surface area contributed by atoms with E-state index in [2.05, 4.69) is 10.1 Å². The molecular formula is C22H23F3N2O6. The van der Waals surface area contributed by atoms with Crippen LogP contribution < -0.4 is 10.1 Å². The van der Waals surface area contributed by atoms with Gasteiger partial charge >= 0.3 is 6.36 Å². The average molecular weight is 468 g/mol. The van der Waals surface area contributed by atoms with Crippen LogP contribution in [-0.4, -0.2) is 66.8 Å². The van der Waals surface area contributed by atoms with Gasteiger partial charge in [0, 0.05) is 25.6 Å². The first-order valence-corrected chi connectivity index (χ1v) is 9.80. The number of ether oxygens (including phenoxy) is 2. The maximum absolute atomic E-state index is 12.4. The van der Waals surface area contributed by atoms with Gasteiger partial charge in [-0.3, -0.25) is 14.3 Å². The number of likely N-dealkylation sites (tertiary alicyclic amines) is 1. The third-order valence-electron chi connectivity index (χ3n) is 4.58. The number of aliphatic hydroxyl groups excluding tert-OH is 1. The molecule has 2 aromatic rings. The van der Waals surface area contributed by atoms with Gasteiger partial charge in [0.25, 0.3) is 5.91 Å². The third-order valence-corrected chi connectivity index (χ3v) is 4.58. The molecule has 1 heterocycles. The summed E-state index contributed by atoms with van der Waals surface area (Å²) < 4.78 is 46.7. The highest BCUT2D eigenvalue weighted by atomic mass is 19.4. The van der Waals surface area contributed by atoms with Crippen molar-refractivity contribution in [2.45, 2.75) is 24.9 Å². The number of aldehydes is 1. The standard InChI is InChI=1S/C21H19F3N2O5.CH4O/c22-21(23,24)31-18-10-15(13-27)26(12-18)19(28)11-25-20(29)14-6-8-17(9-7-14)30-16-4-2-1-3-5-16;1-2/h1-9,13,15,18H,10-12H2,(H,25,29);2H,1H3/t15?,18-;/m1./s1. The highest BCUT2D eigenvalue weighted by Gasteiger charge is 2.42. The molecule has 3 rings (SSSR count). The Bertz CT molecular complexity index is 922. The number of benzene rings is 2. The van der Waals surface area contributed by atoms with E-state index in [-0.39, 0.29) is 18.5 Å². The number of rotatable bonds is 7. The Labute approximate surface area is 187 Å². The molecular weight excluding hydrogens is 445 g/mol. The van der Waals surface area contributed by atoms with E-state index in [1.807, 2.05) is 18.2 Å². The van der Waals surface area contributed by atoms with Gasteiger partial charge in [-0.05, 0) is 36.4 Å². The zero-order chi connectivity index (χ0) is 24.4. The maximum atomic E-state index is 12.4. The van der Waals surface area contributed by atoms with Gasteiger partial charge in [-0.15, -0.1) is 13.2 Å². The Morgan fingerprint density at radius 1 is 1.09 bits per heavy atom. The molecule has 0 bridgehead atoms. The van der Waals surface area contributed by atoms with Crippen LogP contribution in [0.2, 0.25) is 0 Å². The molecule has 8 nitrogen and oxygen atoms in total. The first kappa shape index (κ1) is 25.8. The summed E-state index contributed by atoms with van der Waals surface area (Å²) in [5, 5.41) is 9.40. The van der Waals surface area contributed by atoms with Gasteiger partial charge in [-0.1, -0.05) is 18.2 Å². The Kier molecular flexibility index (Phi) is 9.37. The number of para-hydroxylation sites is 1. The summed E-state index contributed by atoms with van der Waals surface area (Å²) in [6.07, 6.45) is -6.05. The van der Waals surface area contributed by atoms with Crippen LogP contribution >= 0.6 is 0 Å². The zero-order valence-corrected chi connectivity index (χ0v) is 17.6. The van der Waals surface area contributed by atoms with Crippen LogP contribution in [0.1, 0.15) is 16.8 Å². The Morgan fingerprint density at radius 2 is 1.70 bits per heavy atom. The van der Waals surface area contributed by atoms with E-state index in [4.69, 9.17) is 9.84 Å². The van der Waals surface area contributed by atoms with E-state index in [0.717, 1.165) is 12.0 Å². The van der Waals surface area contributed by atoms with E-state index >= 15 is 0 Å². The molecule has 0 aliphatic carbocycles. The molecule has 1 saturated heterocycles. The lowest BCUT2D eigenvalue weighted by Crippen LogP contribution is -2.43. The predicted octanol–water partition coefficient (Wildman–Crippen LogP) is 2.52. The second-order valence-corrected chi connectivity index (χ2v) is 6.79. The van der Waals surface area contributed by atoms with Crippen molar-refractivity contribution in [2.75, 3.05) is 20.2 Å². The summed E-state index contributed by atoms with van der Waals surface area (Å²) in [5.41, 5.74) is 0.264. The molecule has 2 N–H and O–H groups in total. The summed E-state index contributed by atoms with van der Waals surface area (Å²) >= 11 is 0. The van der Waals surface area contributed by atoms with Crippen LogP contribution in [0.25, 0.3) is 0 Å². The van der Waals surface area contributed by atoms with Crippen molar-refractivity contribution in [3.05, 3.63) is 60.2 Å². The fourth-order valence-electron chi connectivity index (χ4n) is 3.17. The molecule has 0 aromatic heterocycles. The summed E-state index contributed by atoms with van der Waals surface area (Å²) in [5.74, 6) is -0.0822. The fourth-order valence-corrected chi connectivity index (χ4v) is 3.17. The van der Waals surface area contributed by atoms with Crippen LogP contribution in [0.15, 0.2) is 54.6 Å². The van der Waals surface area contributed by atoms with E-state index in [0.29, 0.717) is 17.8 Å². The molecule has 1 fully saturated rings. The van der Waals surface area contributed by atoms with E-state index < -0.39 is 36.9 Å². The number of nitrogens with one attached hydrogen (secondary N) is 1. The SMILES string of the molecule is CO.O=CC1C[C@@H](OC(F)(F)F)CN1C(=O)CNC(=O)c1ccc(Oc2ccccc2)cc1. The zero-order valence-electron chi connectivity index (χ0n) is 17.6. The van der Waals surface area contributed by atoms with Crippen LogP contribution in [-0.2, 0) is 14.3 Å². The number of aliphatic hydroxyl groups is 1. The molecule has 0 spiro atoms. The summed E-state index contributed by atoms with van der Waals surface area (Å²) in [6.45, 7) is -0.854. The molecule has 1 unspecified atom stereocenters. The molecule has 11 heteroatoms. The van der Waals surface area contributed by atoms with Crippen molar-refractivity contribution in [3.8, 4) is 11.5 Å². The van der Waals surface area contributed by atoms with Gasteiger partial charge in [-0.25, -0.2) is 0 Å². The molecule has 0 radical (unpaired) electrons. The smallest absolute Gasteiger partial charge is 0.457 e. The first-order valence-electron chi connectivity index (χ1n) is 9.80. The average Bonchev–Trinajstić information content (AvgIpc) is 3.21. The fraction of sp³-hybridized carbons (Fsp3) is 0.318. The number of nitrogens with zero attached hydrogens (tertiary/aromatic N) is 1. The van der Waals surface area contributed by atoms with Crippen molar-refractivity contribution in [1.82, 2.24) is 10.2 Å². The van der Waals surface area contributed by atoms with Gasteiger partial charge in [0.05, 0.1) is 18.7 Å². The topological polar surface area (TPSA) is 105 Å². The van der Waals surface area contributed by atoms with Crippen molar-refractivity contribution in [2.24, 2.45) is 0 Å². The monoisotopic (exact) mass is 468 g/mol. The second kappa shape index (κ2) is 12.0. The number of amides is 2. The minimum atomic E-state index is -4.86. The lowest BCUT2D eigenvalue weighted by atomic mass is 10.2. The Hall–Kier alpha value is -3.44. The van der Waals surface area contributed by atoms with Crippen LogP contribution in [0.3, 0.4) is 0 Å². The quantitative estimate of drug-likeness (QED) is 0.605. The molecule has 0 saturated carbocycles. The van der Waals surface area contributed by atoms with E-state index in [1.54, 1.807) is 24.3 Å². The largest absolute Gasteiger partial charge is 0.522 e. The maximum Gasteiger partial charge on any atom is 0.522 e. The van der Waals surface area contributed by atoms with Crippen molar-refractivity contribution < 1.29 is 42.1 Å². The van der Waals surface area contributed by atoms with Gasteiger partial charge in [-0.2, -0.15) is 0 Å². The minimum Gasteiger partial charge on any atom is -0.457 e. The van der Waals surface area contributed by atoms with Crippen molar-refractivity contribution in [1.29, 1.82) is 0 Å². The Balaban J connectivity index is 0.00000187.